The van der Waals surface area contributed by atoms with Gasteiger partial charge in [-0.15, -0.1) is 0 Å². The molecule has 0 aliphatic heterocycles. The third kappa shape index (κ3) is 2.85. The summed E-state index contributed by atoms with van der Waals surface area (Å²) >= 11 is 0. The topological polar surface area (TPSA) is 26.0 Å². The van der Waals surface area contributed by atoms with Crippen molar-refractivity contribution in [2.45, 2.75) is 13.8 Å². The number of halogens is 1. The average Bonchev–Trinajstić information content (AvgIpc) is 1.97. The van der Waals surface area contributed by atoms with Gasteiger partial charge in [0.2, 0.25) is 0 Å². The van der Waals surface area contributed by atoms with Crippen molar-refractivity contribution < 1.29 is 24.0 Å². The molecule has 0 saturated heterocycles. The van der Waals surface area contributed by atoms with E-state index in [1.54, 1.807) is 0 Å². The van der Waals surface area contributed by atoms with E-state index >= 15 is 0 Å². The van der Waals surface area contributed by atoms with E-state index in [4.69, 9.17) is 5.73 Å². The Bertz CT molecular complexity index is 304. The van der Waals surface area contributed by atoms with Gasteiger partial charge >= 0.3 is 0 Å². The van der Waals surface area contributed by atoms with Crippen LogP contribution in [0.25, 0.3) is 0 Å². The van der Waals surface area contributed by atoms with Crippen LogP contribution < -0.4 is 34.2 Å². The number of nitrogens with two attached hydrogens (primary N) is 1. The van der Waals surface area contributed by atoms with Crippen LogP contribution in [0.2, 0.25) is 0 Å². The van der Waals surface area contributed by atoms with E-state index in [1.807, 2.05) is 0 Å². The standard InChI is InChI=1S/C11H19N2.HI/c1-8-6-10(13(3,4)5)7-9(2)11(8)12;/h6-7H,12H2,1-5H3;1H/q+1;/p-1. The number of benzene rings is 1. The lowest BCUT2D eigenvalue weighted by Crippen LogP contribution is -3.00. The lowest BCUT2D eigenvalue weighted by Gasteiger charge is -2.24. The molecule has 1 rings (SSSR count). The summed E-state index contributed by atoms with van der Waals surface area (Å²) < 4.78 is 0.835. The first-order valence-corrected chi connectivity index (χ1v) is 4.51. The molecule has 2 nitrogen and oxygen atoms in total. The van der Waals surface area contributed by atoms with Crippen molar-refractivity contribution in [2.24, 2.45) is 0 Å². The zero-order chi connectivity index (χ0) is 10.2. The first-order chi connectivity index (χ1) is 5.82. The number of nitrogen functional groups attached to an aromatic ring is 1. The fourth-order valence-electron chi connectivity index (χ4n) is 1.34. The van der Waals surface area contributed by atoms with Crippen molar-refractivity contribution in [1.82, 2.24) is 4.48 Å². The van der Waals surface area contributed by atoms with Gasteiger partial charge in [-0.05, 0) is 25.0 Å². The number of nitrogens with zero attached hydrogens (tertiary/aromatic N) is 1. The predicted molar refractivity (Wildman–Crippen MR) is 59.9 cm³/mol. The zero-order valence-electron chi connectivity index (χ0n) is 9.56. The summed E-state index contributed by atoms with van der Waals surface area (Å²) in [6.45, 7) is 4.11. The molecule has 3 heteroatoms. The summed E-state index contributed by atoms with van der Waals surface area (Å²) in [5, 5.41) is 0. The van der Waals surface area contributed by atoms with Crippen molar-refractivity contribution in [3.8, 4) is 0 Å². The van der Waals surface area contributed by atoms with E-state index in [2.05, 4.69) is 47.1 Å². The summed E-state index contributed by atoms with van der Waals surface area (Å²) in [5.41, 5.74) is 10.4. The molecule has 0 aliphatic rings. The SMILES string of the molecule is Cc1cc([N+](C)(C)C)cc(C)c1N.[I-]. The number of quaternary nitrogens is 1. The van der Waals surface area contributed by atoms with Crippen molar-refractivity contribution >= 4 is 11.4 Å². The van der Waals surface area contributed by atoms with Gasteiger partial charge in [0.1, 0.15) is 5.69 Å². The Labute approximate surface area is 104 Å². The van der Waals surface area contributed by atoms with Crippen LogP contribution in [-0.2, 0) is 0 Å². The summed E-state index contributed by atoms with van der Waals surface area (Å²) in [7, 11) is 6.47. The van der Waals surface area contributed by atoms with Crippen molar-refractivity contribution in [2.75, 3.05) is 26.9 Å². The molecule has 0 aliphatic carbocycles. The molecular formula is C11H19IN2. The lowest BCUT2D eigenvalue weighted by molar-refractivity contribution is -0.00000315. The van der Waals surface area contributed by atoms with Gasteiger partial charge in [-0.2, -0.15) is 0 Å². The van der Waals surface area contributed by atoms with E-state index in [0.29, 0.717) is 0 Å². The Morgan fingerprint density at radius 3 is 1.64 bits per heavy atom. The quantitative estimate of drug-likeness (QED) is 0.406. The monoisotopic (exact) mass is 306 g/mol. The zero-order valence-corrected chi connectivity index (χ0v) is 11.7. The third-order valence-electron chi connectivity index (χ3n) is 2.35. The molecule has 0 spiro atoms. The third-order valence-corrected chi connectivity index (χ3v) is 2.35. The van der Waals surface area contributed by atoms with Gasteiger partial charge < -0.3 is 29.7 Å². The van der Waals surface area contributed by atoms with Crippen LogP contribution in [0.15, 0.2) is 12.1 Å². The van der Waals surface area contributed by atoms with E-state index < -0.39 is 0 Å². The molecule has 0 bridgehead atoms. The number of hydrogen-bond donors (Lipinski definition) is 1. The maximum atomic E-state index is 5.89. The largest absolute Gasteiger partial charge is 1.00 e. The molecule has 1 aromatic rings. The lowest BCUT2D eigenvalue weighted by atomic mass is 10.1. The molecule has 0 saturated carbocycles. The maximum absolute atomic E-state index is 5.89. The summed E-state index contributed by atoms with van der Waals surface area (Å²) in [6.07, 6.45) is 0. The van der Waals surface area contributed by atoms with Crippen LogP contribution in [0.4, 0.5) is 11.4 Å². The summed E-state index contributed by atoms with van der Waals surface area (Å²) in [4.78, 5) is 0. The molecule has 0 atom stereocenters. The van der Waals surface area contributed by atoms with Crippen LogP contribution in [0, 0.1) is 13.8 Å². The second kappa shape index (κ2) is 4.49. The fraction of sp³-hybridized carbons (Fsp3) is 0.455. The highest BCUT2D eigenvalue weighted by Crippen LogP contribution is 2.25. The van der Waals surface area contributed by atoms with E-state index in [1.165, 1.54) is 16.8 Å². The van der Waals surface area contributed by atoms with Gasteiger partial charge in [0.05, 0.1) is 21.1 Å². The van der Waals surface area contributed by atoms with Crippen molar-refractivity contribution in [3.05, 3.63) is 23.3 Å². The molecule has 0 heterocycles. The molecule has 14 heavy (non-hydrogen) atoms. The van der Waals surface area contributed by atoms with Crippen LogP contribution in [0.3, 0.4) is 0 Å². The summed E-state index contributed by atoms with van der Waals surface area (Å²) in [5.74, 6) is 0. The summed E-state index contributed by atoms with van der Waals surface area (Å²) in [6, 6.07) is 4.31. The van der Waals surface area contributed by atoms with Gasteiger partial charge in [0.25, 0.3) is 0 Å². The number of aryl methyl sites for hydroxylation is 2. The number of anilines is 1. The normalized spacial score (nSPS) is 10.9. The molecule has 0 fully saturated rings. The Hall–Kier alpha value is -0.290. The average molecular weight is 306 g/mol. The smallest absolute Gasteiger partial charge is 0.132 e. The predicted octanol–water partition coefficient (Wildman–Crippen LogP) is -0.914. The minimum absolute atomic E-state index is 0. The second-order valence-corrected chi connectivity index (χ2v) is 4.51. The van der Waals surface area contributed by atoms with Crippen molar-refractivity contribution in [1.29, 1.82) is 0 Å². The number of rotatable bonds is 1. The number of hydrogen-bond acceptors (Lipinski definition) is 1. The van der Waals surface area contributed by atoms with Crippen LogP contribution >= 0.6 is 0 Å². The molecule has 1 aromatic carbocycles. The van der Waals surface area contributed by atoms with Crippen LogP contribution in [0.5, 0.6) is 0 Å². The van der Waals surface area contributed by atoms with Gasteiger partial charge in [-0.25, -0.2) is 0 Å². The highest BCUT2D eigenvalue weighted by Gasteiger charge is 2.14. The van der Waals surface area contributed by atoms with Gasteiger partial charge in [0, 0.05) is 17.8 Å². The van der Waals surface area contributed by atoms with Crippen LogP contribution in [-0.4, -0.2) is 21.1 Å². The first kappa shape index (κ1) is 13.7. The fourth-order valence-corrected chi connectivity index (χ4v) is 1.34. The van der Waals surface area contributed by atoms with E-state index in [0.717, 1.165) is 10.2 Å². The van der Waals surface area contributed by atoms with Gasteiger partial charge in [-0.3, -0.25) is 4.48 Å². The molecule has 0 aromatic heterocycles. The maximum Gasteiger partial charge on any atom is 0.132 e. The highest BCUT2D eigenvalue weighted by atomic mass is 127. The second-order valence-electron chi connectivity index (χ2n) is 4.51. The van der Waals surface area contributed by atoms with Gasteiger partial charge in [-0.1, -0.05) is 0 Å². The Morgan fingerprint density at radius 1 is 1.00 bits per heavy atom. The van der Waals surface area contributed by atoms with Crippen LogP contribution in [0.1, 0.15) is 11.1 Å². The minimum Gasteiger partial charge on any atom is -1.00 e. The first-order valence-electron chi connectivity index (χ1n) is 4.51. The molecular weight excluding hydrogens is 287 g/mol. The molecule has 80 valence electrons. The molecule has 0 radical (unpaired) electrons. The van der Waals surface area contributed by atoms with Crippen molar-refractivity contribution in [3.63, 3.8) is 0 Å². The Balaban J connectivity index is 0.00000169. The van der Waals surface area contributed by atoms with E-state index in [-0.39, 0.29) is 24.0 Å². The van der Waals surface area contributed by atoms with E-state index in [9.17, 15) is 0 Å². The Kier molecular flexibility index (Phi) is 4.39. The molecule has 2 N–H and O–H groups in total. The molecule has 0 unspecified atom stereocenters. The highest BCUT2D eigenvalue weighted by molar-refractivity contribution is 5.60. The van der Waals surface area contributed by atoms with Gasteiger partial charge in [0.15, 0.2) is 0 Å². The minimum atomic E-state index is 0. The molecule has 0 amide bonds. The Morgan fingerprint density at radius 2 is 1.36 bits per heavy atom.